The molecule has 0 amide bonds. The molecular weight excluding hydrogens is 721 g/mol. The molecule has 0 heterocycles. The molecule has 0 bridgehead atoms. The first-order valence-electron chi connectivity index (χ1n) is 25.8. The van der Waals surface area contributed by atoms with Crippen LogP contribution < -0.4 is 0 Å². The van der Waals surface area contributed by atoms with Crippen molar-refractivity contribution >= 4 is 17.9 Å². The Morgan fingerprint density at radius 1 is 0.345 bits per heavy atom. The molecule has 344 valence electrons. The Kier molecular flexibility index (Phi) is 43.7. The van der Waals surface area contributed by atoms with Crippen molar-refractivity contribution in [2.24, 2.45) is 11.8 Å². The number of hydrogen-bond donors (Lipinski definition) is 0. The van der Waals surface area contributed by atoms with Gasteiger partial charge in [0.15, 0.2) is 6.10 Å². The highest BCUT2D eigenvalue weighted by atomic mass is 16.6. The average Bonchev–Trinajstić information content (AvgIpc) is 3.22. The monoisotopic (exact) mass is 821 g/mol. The van der Waals surface area contributed by atoms with E-state index in [-0.39, 0.29) is 31.1 Å². The van der Waals surface area contributed by atoms with Crippen LogP contribution in [0.2, 0.25) is 0 Å². The molecule has 0 saturated carbocycles. The largest absolute Gasteiger partial charge is 0.462 e. The SMILES string of the molecule is CCCCCCCCCCCCCCCCCCC(=O)O[C@@H](COC(=O)CCCCCCCCCCCCC(C)CC)COC(=O)CCCCCCCCC(C)CC. The van der Waals surface area contributed by atoms with Crippen LogP contribution in [-0.4, -0.2) is 37.2 Å². The molecule has 0 aliphatic carbocycles. The van der Waals surface area contributed by atoms with Crippen molar-refractivity contribution in [1.29, 1.82) is 0 Å². The van der Waals surface area contributed by atoms with E-state index >= 15 is 0 Å². The van der Waals surface area contributed by atoms with Gasteiger partial charge in [0.2, 0.25) is 0 Å². The number of unbranched alkanes of at least 4 members (excludes halogenated alkanes) is 29. The Morgan fingerprint density at radius 2 is 0.603 bits per heavy atom. The van der Waals surface area contributed by atoms with E-state index in [9.17, 15) is 14.4 Å². The zero-order valence-corrected chi connectivity index (χ0v) is 39.7. The maximum Gasteiger partial charge on any atom is 0.306 e. The minimum atomic E-state index is -0.762. The van der Waals surface area contributed by atoms with Crippen LogP contribution in [0, 0.1) is 11.8 Å². The highest BCUT2D eigenvalue weighted by molar-refractivity contribution is 5.71. The third-order valence-electron chi connectivity index (χ3n) is 12.4. The number of hydrogen-bond acceptors (Lipinski definition) is 6. The Morgan fingerprint density at radius 3 is 0.897 bits per heavy atom. The van der Waals surface area contributed by atoms with Crippen LogP contribution in [0.15, 0.2) is 0 Å². The zero-order chi connectivity index (χ0) is 42.6. The minimum Gasteiger partial charge on any atom is -0.462 e. The molecule has 0 aromatic rings. The van der Waals surface area contributed by atoms with Gasteiger partial charge in [-0.1, -0.05) is 247 Å². The minimum absolute atomic E-state index is 0.0647. The molecule has 0 aromatic carbocycles. The fourth-order valence-electron chi connectivity index (χ4n) is 7.75. The molecule has 0 spiro atoms. The van der Waals surface area contributed by atoms with E-state index in [0.717, 1.165) is 69.6 Å². The van der Waals surface area contributed by atoms with Crippen LogP contribution >= 0.6 is 0 Å². The topological polar surface area (TPSA) is 78.9 Å². The summed E-state index contributed by atoms with van der Waals surface area (Å²) < 4.78 is 16.8. The van der Waals surface area contributed by atoms with E-state index in [1.807, 2.05) is 0 Å². The summed E-state index contributed by atoms with van der Waals surface area (Å²) >= 11 is 0. The van der Waals surface area contributed by atoms with Gasteiger partial charge >= 0.3 is 17.9 Å². The first-order valence-corrected chi connectivity index (χ1v) is 25.8. The highest BCUT2D eigenvalue weighted by Crippen LogP contribution is 2.18. The Hall–Kier alpha value is -1.59. The smallest absolute Gasteiger partial charge is 0.306 e. The molecule has 3 atom stereocenters. The molecule has 0 aliphatic rings. The van der Waals surface area contributed by atoms with Gasteiger partial charge < -0.3 is 14.2 Å². The molecule has 0 saturated heterocycles. The molecule has 6 heteroatoms. The van der Waals surface area contributed by atoms with E-state index < -0.39 is 6.10 Å². The van der Waals surface area contributed by atoms with Gasteiger partial charge in [-0.25, -0.2) is 0 Å². The van der Waals surface area contributed by atoms with Gasteiger partial charge in [0.1, 0.15) is 13.2 Å². The molecule has 0 fully saturated rings. The summed E-state index contributed by atoms with van der Waals surface area (Å²) in [5.74, 6) is 0.832. The lowest BCUT2D eigenvalue weighted by atomic mass is 9.99. The van der Waals surface area contributed by atoms with Gasteiger partial charge in [0.25, 0.3) is 0 Å². The predicted octanol–water partition coefficient (Wildman–Crippen LogP) is 16.5. The molecule has 2 unspecified atom stereocenters. The van der Waals surface area contributed by atoms with Gasteiger partial charge in [0, 0.05) is 19.3 Å². The van der Waals surface area contributed by atoms with E-state index in [1.54, 1.807) is 0 Å². The first kappa shape index (κ1) is 56.4. The van der Waals surface area contributed by atoms with Crippen LogP contribution in [0.3, 0.4) is 0 Å². The second kappa shape index (κ2) is 44.9. The van der Waals surface area contributed by atoms with Gasteiger partial charge in [-0.05, 0) is 31.1 Å². The number of carbonyl (C=O) groups excluding carboxylic acids is 3. The van der Waals surface area contributed by atoms with Crippen LogP contribution in [0.5, 0.6) is 0 Å². The molecule has 0 radical (unpaired) electrons. The summed E-state index contributed by atoms with van der Waals surface area (Å²) in [6.45, 7) is 11.4. The number of rotatable bonds is 46. The van der Waals surface area contributed by atoms with Crippen molar-refractivity contribution < 1.29 is 28.6 Å². The van der Waals surface area contributed by atoms with Gasteiger partial charge in [-0.3, -0.25) is 14.4 Å². The molecule has 58 heavy (non-hydrogen) atoms. The van der Waals surface area contributed by atoms with E-state index in [0.29, 0.717) is 19.3 Å². The third kappa shape index (κ3) is 42.5. The summed E-state index contributed by atoms with van der Waals surface area (Å²) in [5, 5.41) is 0. The van der Waals surface area contributed by atoms with Crippen molar-refractivity contribution in [2.75, 3.05) is 13.2 Å². The van der Waals surface area contributed by atoms with E-state index in [1.165, 1.54) is 173 Å². The van der Waals surface area contributed by atoms with Crippen LogP contribution in [0.1, 0.15) is 285 Å². The Labute approximate surface area is 361 Å². The predicted molar refractivity (Wildman–Crippen MR) is 247 cm³/mol. The van der Waals surface area contributed by atoms with E-state index in [2.05, 4.69) is 34.6 Å². The summed E-state index contributed by atoms with van der Waals surface area (Å²) in [6, 6.07) is 0. The lowest BCUT2D eigenvalue weighted by Gasteiger charge is -2.18. The molecule has 6 nitrogen and oxygen atoms in total. The summed E-state index contributed by atoms with van der Waals surface area (Å²) in [6.07, 6.45) is 45.1. The third-order valence-corrected chi connectivity index (χ3v) is 12.4. The standard InChI is InChI=1S/C52H100O6/c1-6-9-10-11-12-13-14-15-16-17-18-19-24-27-34-39-44-52(55)58-49(46-57-51(54)43-38-33-29-28-31-36-41-48(5)8-3)45-56-50(53)42-37-32-26-23-21-20-22-25-30-35-40-47(4)7-2/h47-49H,6-46H2,1-5H3/t47?,48?,49-/m0/s1. The van der Waals surface area contributed by atoms with Crippen molar-refractivity contribution in [1.82, 2.24) is 0 Å². The van der Waals surface area contributed by atoms with Crippen LogP contribution in [0.25, 0.3) is 0 Å². The van der Waals surface area contributed by atoms with Crippen molar-refractivity contribution in [3.05, 3.63) is 0 Å². The van der Waals surface area contributed by atoms with E-state index in [4.69, 9.17) is 14.2 Å². The van der Waals surface area contributed by atoms with Crippen LogP contribution in [-0.2, 0) is 28.6 Å². The van der Waals surface area contributed by atoms with Crippen LogP contribution in [0.4, 0.5) is 0 Å². The Balaban J connectivity index is 4.31. The van der Waals surface area contributed by atoms with Gasteiger partial charge in [-0.2, -0.15) is 0 Å². The second-order valence-electron chi connectivity index (χ2n) is 18.3. The quantitative estimate of drug-likeness (QED) is 0.0346. The molecule has 0 aliphatic heterocycles. The molecule has 0 aromatic heterocycles. The number of esters is 3. The summed E-state index contributed by atoms with van der Waals surface area (Å²) in [7, 11) is 0. The first-order chi connectivity index (χ1) is 28.3. The number of carbonyl (C=O) groups is 3. The maximum atomic E-state index is 12.8. The van der Waals surface area contributed by atoms with Crippen molar-refractivity contribution in [3.63, 3.8) is 0 Å². The molecule has 0 N–H and O–H groups in total. The van der Waals surface area contributed by atoms with Crippen molar-refractivity contribution in [2.45, 2.75) is 291 Å². The summed E-state index contributed by atoms with van der Waals surface area (Å²) in [5.41, 5.74) is 0. The lowest BCUT2D eigenvalue weighted by molar-refractivity contribution is -0.167. The second-order valence-corrected chi connectivity index (χ2v) is 18.3. The van der Waals surface area contributed by atoms with Gasteiger partial charge in [-0.15, -0.1) is 0 Å². The molecule has 0 rings (SSSR count). The fourth-order valence-corrected chi connectivity index (χ4v) is 7.75. The maximum absolute atomic E-state index is 12.8. The normalized spacial score (nSPS) is 13.0. The number of ether oxygens (including phenoxy) is 3. The summed E-state index contributed by atoms with van der Waals surface area (Å²) in [4.78, 5) is 37.9. The fraction of sp³-hybridized carbons (Fsp3) is 0.942. The van der Waals surface area contributed by atoms with Crippen molar-refractivity contribution in [3.8, 4) is 0 Å². The Bertz CT molecular complexity index is 889. The zero-order valence-electron chi connectivity index (χ0n) is 39.7. The van der Waals surface area contributed by atoms with Gasteiger partial charge in [0.05, 0.1) is 0 Å². The lowest BCUT2D eigenvalue weighted by Crippen LogP contribution is -2.30. The average molecular weight is 821 g/mol. The molecular formula is C52H100O6. The highest BCUT2D eigenvalue weighted by Gasteiger charge is 2.19.